The van der Waals surface area contributed by atoms with Gasteiger partial charge in [0.1, 0.15) is 0 Å². The summed E-state index contributed by atoms with van der Waals surface area (Å²) in [6.45, 7) is 3.91. The van der Waals surface area contributed by atoms with Gasteiger partial charge in [0.2, 0.25) is 11.8 Å². The van der Waals surface area contributed by atoms with E-state index in [4.69, 9.17) is 0 Å². The maximum Gasteiger partial charge on any atom is 0.237 e. The summed E-state index contributed by atoms with van der Waals surface area (Å²) in [5.41, 5.74) is 2.34. The van der Waals surface area contributed by atoms with Gasteiger partial charge in [0.05, 0.1) is 21.6 Å². The molecule has 2 aromatic carbocycles. The van der Waals surface area contributed by atoms with Crippen LogP contribution in [0.25, 0.3) is 0 Å². The maximum absolute atomic E-state index is 12.7. The summed E-state index contributed by atoms with van der Waals surface area (Å²) in [5, 5.41) is 5.38. The van der Waals surface area contributed by atoms with E-state index in [1.54, 1.807) is 12.1 Å². The minimum atomic E-state index is -3.62. The van der Waals surface area contributed by atoms with Crippen LogP contribution in [0.5, 0.6) is 0 Å². The third-order valence-corrected chi connectivity index (χ3v) is 7.91. The summed E-state index contributed by atoms with van der Waals surface area (Å²) in [6.07, 6.45) is 1.31. The predicted molar refractivity (Wildman–Crippen MR) is 116 cm³/mol. The third kappa shape index (κ3) is 5.00. The van der Waals surface area contributed by atoms with Crippen LogP contribution < -0.4 is 10.6 Å². The molecule has 0 spiro atoms. The molecule has 2 aromatic rings. The number of para-hydroxylation sites is 1. The van der Waals surface area contributed by atoms with Crippen molar-refractivity contribution in [1.29, 1.82) is 0 Å². The average molecular weight is 433 g/mol. The Kier molecular flexibility index (Phi) is 6.64. The van der Waals surface area contributed by atoms with Gasteiger partial charge in [-0.2, -0.15) is 0 Å². The lowest BCUT2D eigenvalue weighted by molar-refractivity contribution is -0.116. The van der Waals surface area contributed by atoms with Crippen LogP contribution >= 0.6 is 11.8 Å². The molecule has 1 aliphatic heterocycles. The normalized spacial score (nSPS) is 16.1. The molecule has 6 nitrogen and oxygen atoms in total. The Labute approximate surface area is 175 Å². The van der Waals surface area contributed by atoms with Crippen LogP contribution in [0.15, 0.2) is 52.3 Å². The zero-order valence-electron chi connectivity index (χ0n) is 16.4. The standard InChI is InChI=1S/C21H24N2O4S2/c1-3-14-7-5-6-8-16(14)22-20(24)11-12-29(26,27)15-9-10-17-19(13-15)28-18(4-2)21(25)23-17/h5-10,13,18H,3-4,11-12H2,1-2H3,(H,22,24)(H,23,25). The Balaban J connectivity index is 1.68. The van der Waals surface area contributed by atoms with E-state index in [-0.39, 0.29) is 34.1 Å². The molecule has 0 radical (unpaired) electrons. The van der Waals surface area contributed by atoms with Crippen molar-refractivity contribution in [1.82, 2.24) is 0 Å². The first-order valence-electron chi connectivity index (χ1n) is 9.56. The first-order chi connectivity index (χ1) is 13.8. The van der Waals surface area contributed by atoms with Crippen LogP contribution in [0.4, 0.5) is 11.4 Å². The molecule has 0 aromatic heterocycles. The van der Waals surface area contributed by atoms with Crippen molar-refractivity contribution < 1.29 is 18.0 Å². The third-order valence-electron chi connectivity index (χ3n) is 4.77. The second kappa shape index (κ2) is 9.00. The molecule has 29 heavy (non-hydrogen) atoms. The first kappa shape index (κ1) is 21.4. The van der Waals surface area contributed by atoms with Crippen molar-refractivity contribution in [3.8, 4) is 0 Å². The molecule has 1 unspecified atom stereocenters. The molecule has 154 valence electrons. The summed E-state index contributed by atoms with van der Waals surface area (Å²) in [7, 11) is -3.62. The Morgan fingerprint density at radius 1 is 1.17 bits per heavy atom. The SMILES string of the molecule is CCc1ccccc1NC(=O)CCS(=O)(=O)c1ccc2c(c1)SC(CC)C(=O)N2. The molecule has 1 aliphatic rings. The Hall–Kier alpha value is -2.32. The summed E-state index contributed by atoms with van der Waals surface area (Å²) >= 11 is 1.37. The Bertz CT molecular complexity index is 1030. The maximum atomic E-state index is 12.7. The monoisotopic (exact) mass is 432 g/mol. The predicted octanol–water partition coefficient (Wildman–Crippen LogP) is 3.87. The van der Waals surface area contributed by atoms with Gasteiger partial charge in [0.15, 0.2) is 9.84 Å². The number of anilines is 2. The summed E-state index contributed by atoms with van der Waals surface area (Å²) in [5.74, 6) is -0.676. The molecule has 0 saturated heterocycles. The van der Waals surface area contributed by atoms with Gasteiger partial charge in [-0.05, 0) is 42.7 Å². The lowest BCUT2D eigenvalue weighted by Crippen LogP contribution is -2.28. The molecule has 1 heterocycles. The highest BCUT2D eigenvalue weighted by atomic mass is 32.2. The molecular formula is C21H24N2O4S2. The lowest BCUT2D eigenvalue weighted by atomic mass is 10.1. The number of carbonyl (C=O) groups is 2. The van der Waals surface area contributed by atoms with Gasteiger partial charge >= 0.3 is 0 Å². The van der Waals surface area contributed by atoms with Crippen molar-refractivity contribution in [2.75, 3.05) is 16.4 Å². The molecule has 0 saturated carbocycles. The average Bonchev–Trinajstić information content (AvgIpc) is 2.72. The number of fused-ring (bicyclic) bond motifs is 1. The van der Waals surface area contributed by atoms with Crippen molar-refractivity contribution in [2.24, 2.45) is 0 Å². The van der Waals surface area contributed by atoms with Gasteiger partial charge in [0.25, 0.3) is 0 Å². The van der Waals surface area contributed by atoms with Crippen LogP contribution in [-0.2, 0) is 25.8 Å². The van der Waals surface area contributed by atoms with E-state index in [0.29, 0.717) is 17.8 Å². The van der Waals surface area contributed by atoms with Gasteiger partial charge < -0.3 is 10.6 Å². The first-order valence-corrected chi connectivity index (χ1v) is 12.1. The second-order valence-corrected chi connectivity index (χ2v) is 10.1. The molecule has 2 amide bonds. The molecule has 1 atom stereocenters. The number of nitrogens with one attached hydrogen (secondary N) is 2. The number of rotatable bonds is 7. The van der Waals surface area contributed by atoms with E-state index in [2.05, 4.69) is 10.6 Å². The molecule has 0 bridgehead atoms. The number of sulfone groups is 1. The van der Waals surface area contributed by atoms with E-state index in [9.17, 15) is 18.0 Å². The number of aryl methyl sites for hydroxylation is 1. The fourth-order valence-corrected chi connectivity index (χ4v) is 5.51. The molecular weight excluding hydrogens is 408 g/mol. The van der Waals surface area contributed by atoms with Crippen LogP contribution in [-0.4, -0.2) is 31.2 Å². The fourth-order valence-electron chi connectivity index (χ4n) is 3.09. The van der Waals surface area contributed by atoms with Crippen LogP contribution in [0, 0.1) is 0 Å². The van der Waals surface area contributed by atoms with Gasteiger partial charge in [0, 0.05) is 17.0 Å². The highest BCUT2D eigenvalue weighted by Gasteiger charge is 2.27. The highest BCUT2D eigenvalue weighted by Crippen LogP contribution is 2.38. The number of hydrogen-bond donors (Lipinski definition) is 2. The van der Waals surface area contributed by atoms with E-state index < -0.39 is 9.84 Å². The van der Waals surface area contributed by atoms with Crippen molar-refractivity contribution in [2.45, 2.75) is 48.2 Å². The van der Waals surface area contributed by atoms with E-state index in [1.165, 1.54) is 17.8 Å². The molecule has 3 rings (SSSR count). The van der Waals surface area contributed by atoms with E-state index >= 15 is 0 Å². The summed E-state index contributed by atoms with van der Waals surface area (Å²) in [4.78, 5) is 25.1. The van der Waals surface area contributed by atoms with Crippen molar-refractivity contribution in [3.63, 3.8) is 0 Å². The summed E-state index contributed by atoms with van der Waals surface area (Å²) < 4.78 is 25.5. The Morgan fingerprint density at radius 3 is 2.66 bits per heavy atom. The van der Waals surface area contributed by atoms with E-state index in [1.807, 2.05) is 38.1 Å². The van der Waals surface area contributed by atoms with Gasteiger partial charge in [-0.1, -0.05) is 32.0 Å². The van der Waals surface area contributed by atoms with Crippen LogP contribution in [0.2, 0.25) is 0 Å². The Morgan fingerprint density at radius 2 is 1.93 bits per heavy atom. The quantitative estimate of drug-likeness (QED) is 0.693. The zero-order valence-corrected chi connectivity index (χ0v) is 18.0. The molecule has 8 heteroatoms. The molecule has 0 aliphatic carbocycles. The molecule has 2 N–H and O–H groups in total. The number of amides is 2. The lowest BCUT2D eigenvalue weighted by Gasteiger charge is -2.23. The minimum absolute atomic E-state index is 0.0651. The molecule has 0 fully saturated rings. The number of carbonyl (C=O) groups excluding carboxylic acids is 2. The van der Waals surface area contributed by atoms with Crippen molar-refractivity contribution in [3.05, 3.63) is 48.0 Å². The second-order valence-electron chi connectivity index (χ2n) is 6.79. The van der Waals surface area contributed by atoms with Crippen LogP contribution in [0.3, 0.4) is 0 Å². The van der Waals surface area contributed by atoms with Crippen molar-refractivity contribution >= 4 is 44.8 Å². The minimum Gasteiger partial charge on any atom is -0.326 e. The topological polar surface area (TPSA) is 92.3 Å². The van der Waals surface area contributed by atoms with Gasteiger partial charge in [-0.25, -0.2) is 8.42 Å². The smallest absolute Gasteiger partial charge is 0.237 e. The fraction of sp³-hybridized carbons (Fsp3) is 0.333. The number of thioether (sulfide) groups is 1. The number of hydrogen-bond acceptors (Lipinski definition) is 5. The van der Waals surface area contributed by atoms with Crippen LogP contribution in [0.1, 0.15) is 32.3 Å². The van der Waals surface area contributed by atoms with Gasteiger partial charge in [-0.3, -0.25) is 9.59 Å². The van der Waals surface area contributed by atoms with E-state index in [0.717, 1.165) is 16.9 Å². The largest absolute Gasteiger partial charge is 0.326 e. The highest BCUT2D eigenvalue weighted by molar-refractivity contribution is 8.01. The summed E-state index contributed by atoms with van der Waals surface area (Å²) in [6, 6.07) is 12.1. The number of benzene rings is 2. The van der Waals surface area contributed by atoms with Gasteiger partial charge in [-0.15, -0.1) is 11.8 Å². The zero-order chi connectivity index (χ0) is 21.0.